The van der Waals surface area contributed by atoms with Crippen LogP contribution in [-0.4, -0.2) is 34.0 Å². The quantitative estimate of drug-likeness (QED) is 0.325. The predicted molar refractivity (Wildman–Crippen MR) is 109 cm³/mol. The average molecular weight is 466 g/mol. The molecule has 3 N–H and O–H groups in total. The highest BCUT2D eigenvalue weighted by atomic mass is 127. The first-order valence-electron chi connectivity index (χ1n) is 7.97. The van der Waals surface area contributed by atoms with Crippen LogP contribution in [0.1, 0.15) is 31.4 Å². The third-order valence-corrected chi connectivity index (χ3v) is 5.22. The first kappa shape index (κ1) is 21.2. The van der Waals surface area contributed by atoms with Crippen LogP contribution in [0.25, 0.3) is 0 Å². The number of hydrogen-bond acceptors (Lipinski definition) is 3. The van der Waals surface area contributed by atoms with Crippen LogP contribution in [0, 0.1) is 5.92 Å². The van der Waals surface area contributed by atoms with Gasteiger partial charge in [-0.25, -0.2) is 18.1 Å². The minimum Gasteiger partial charge on any atom is -0.357 e. The molecule has 0 aliphatic heterocycles. The van der Waals surface area contributed by atoms with Crippen molar-refractivity contribution in [1.82, 2.24) is 15.4 Å². The Morgan fingerprint density at radius 3 is 2.33 bits per heavy atom. The summed E-state index contributed by atoms with van der Waals surface area (Å²) in [4.78, 5) is 4.58. The van der Waals surface area contributed by atoms with E-state index < -0.39 is 10.0 Å². The molecule has 136 valence electrons. The van der Waals surface area contributed by atoms with Crippen LogP contribution in [-0.2, 0) is 22.3 Å². The molecule has 1 fully saturated rings. The van der Waals surface area contributed by atoms with Crippen LogP contribution in [0.5, 0.6) is 0 Å². The normalized spacial score (nSPS) is 20.2. The summed E-state index contributed by atoms with van der Waals surface area (Å²) in [5, 5.41) is 6.66. The topological polar surface area (TPSA) is 82.6 Å². The number of hydrogen-bond donors (Lipinski definition) is 3. The smallest absolute Gasteiger partial charge is 0.215 e. The van der Waals surface area contributed by atoms with Gasteiger partial charge in [-0.3, -0.25) is 0 Å². The van der Waals surface area contributed by atoms with Crippen molar-refractivity contribution in [3.8, 4) is 0 Å². The van der Waals surface area contributed by atoms with Crippen LogP contribution in [0.3, 0.4) is 0 Å². The number of benzene rings is 1. The summed E-state index contributed by atoms with van der Waals surface area (Å²) >= 11 is 0. The first-order chi connectivity index (χ1) is 10.9. The third-order valence-electron chi connectivity index (χ3n) is 3.89. The van der Waals surface area contributed by atoms with Gasteiger partial charge in [0.25, 0.3) is 0 Å². The fourth-order valence-corrected chi connectivity index (χ4v) is 3.00. The van der Waals surface area contributed by atoms with Gasteiger partial charge in [-0.2, -0.15) is 0 Å². The fourth-order valence-electron chi connectivity index (χ4n) is 2.22. The zero-order chi connectivity index (χ0) is 16.9. The summed E-state index contributed by atoms with van der Waals surface area (Å²) in [6.45, 7) is 5.66. The van der Waals surface area contributed by atoms with E-state index in [1.165, 1.54) is 13.5 Å². The van der Waals surface area contributed by atoms with Gasteiger partial charge in [-0.05, 0) is 37.4 Å². The number of nitrogens with one attached hydrogen (secondary N) is 3. The molecule has 1 aromatic carbocycles. The molecule has 1 aliphatic carbocycles. The highest BCUT2D eigenvalue weighted by Gasteiger charge is 2.33. The molecule has 2 unspecified atom stereocenters. The van der Waals surface area contributed by atoms with Crippen molar-refractivity contribution in [2.75, 3.05) is 13.6 Å². The van der Waals surface area contributed by atoms with Gasteiger partial charge in [0, 0.05) is 12.6 Å². The Morgan fingerprint density at radius 2 is 1.83 bits per heavy atom. The lowest BCUT2D eigenvalue weighted by molar-refractivity contribution is 0.587. The van der Waals surface area contributed by atoms with Crippen LogP contribution in [0.15, 0.2) is 29.3 Å². The second-order valence-electron chi connectivity index (χ2n) is 5.94. The molecule has 0 amide bonds. The lowest BCUT2D eigenvalue weighted by Gasteiger charge is -2.11. The molecule has 0 saturated heterocycles. The van der Waals surface area contributed by atoms with Gasteiger partial charge in [0.1, 0.15) is 0 Å². The maximum atomic E-state index is 11.5. The Labute approximate surface area is 162 Å². The van der Waals surface area contributed by atoms with E-state index in [0.29, 0.717) is 18.5 Å². The molecule has 2 atom stereocenters. The van der Waals surface area contributed by atoms with E-state index in [9.17, 15) is 8.42 Å². The Balaban J connectivity index is 0.00000288. The highest BCUT2D eigenvalue weighted by molar-refractivity contribution is 14.0. The van der Waals surface area contributed by atoms with E-state index in [0.717, 1.165) is 23.6 Å². The molecule has 0 spiro atoms. The van der Waals surface area contributed by atoms with E-state index in [1.807, 2.05) is 31.2 Å². The number of rotatable bonds is 7. The van der Waals surface area contributed by atoms with E-state index >= 15 is 0 Å². The van der Waals surface area contributed by atoms with Gasteiger partial charge in [0.05, 0.1) is 12.3 Å². The molecule has 8 heteroatoms. The average Bonchev–Trinajstić information content (AvgIpc) is 3.21. The van der Waals surface area contributed by atoms with E-state index in [-0.39, 0.29) is 29.7 Å². The molecule has 2 rings (SSSR count). The Morgan fingerprint density at radius 1 is 1.25 bits per heavy atom. The molecule has 0 aromatic heterocycles. The van der Waals surface area contributed by atoms with Crippen molar-refractivity contribution in [3.05, 3.63) is 35.4 Å². The fraction of sp³-hybridized carbons (Fsp3) is 0.562. The summed E-state index contributed by atoms with van der Waals surface area (Å²) in [6, 6.07) is 8.05. The summed E-state index contributed by atoms with van der Waals surface area (Å²) in [6.07, 6.45) is 1.19. The minimum absolute atomic E-state index is 0. The molecule has 1 aliphatic rings. The van der Waals surface area contributed by atoms with Crippen molar-refractivity contribution in [2.24, 2.45) is 10.9 Å². The van der Waals surface area contributed by atoms with Crippen LogP contribution in [0.2, 0.25) is 0 Å². The minimum atomic E-state index is -3.23. The third kappa shape index (κ3) is 6.94. The zero-order valence-corrected chi connectivity index (χ0v) is 17.5. The van der Waals surface area contributed by atoms with E-state index in [4.69, 9.17) is 0 Å². The molecular formula is C16H27IN4O2S. The van der Waals surface area contributed by atoms with Gasteiger partial charge in [-0.15, -0.1) is 24.0 Å². The zero-order valence-electron chi connectivity index (χ0n) is 14.4. The molecule has 1 saturated carbocycles. The van der Waals surface area contributed by atoms with Crippen LogP contribution >= 0.6 is 24.0 Å². The van der Waals surface area contributed by atoms with Gasteiger partial charge in [0.2, 0.25) is 10.0 Å². The van der Waals surface area contributed by atoms with Crippen molar-refractivity contribution in [3.63, 3.8) is 0 Å². The van der Waals surface area contributed by atoms with Gasteiger partial charge in [-0.1, -0.05) is 31.2 Å². The summed E-state index contributed by atoms with van der Waals surface area (Å²) in [5.74, 6) is 1.55. The largest absolute Gasteiger partial charge is 0.357 e. The Hall–Kier alpha value is -0.870. The SMILES string of the molecule is CCNC(=NCc1ccc(CS(=O)(=O)NC)cc1)NC1CC1C.I. The van der Waals surface area contributed by atoms with Gasteiger partial charge in [0.15, 0.2) is 5.96 Å². The molecular weight excluding hydrogens is 439 g/mol. The molecule has 0 bridgehead atoms. The first-order valence-corrected chi connectivity index (χ1v) is 9.62. The van der Waals surface area contributed by atoms with E-state index in [2.05, 4.69) is 27.3 Å². The Kier molecular flexibility index (Phi) is 8.44. The standard InChI is InChI=1S/C16H26N4O2S.HI/c1-4-18-16(20-15-9-12(15)2)19-10-13-5-7-14(8-6-13)11-23(21,22)17-3;/h5-8,12,15,17H,4,9-11H2,1-3H3,(H2,18,19,20);1H. The highest BCUT2D eigenvalue weighted by Crippen LogP contribution is 2.28. The van der Waals surface area contributed by atoms with Crippen molar-refractivity contribution >= 4 is 40.0 Å². The number of sulfonamides is 1. The molecule has 6 nitrogen and oxygen atoms in total. The lowest BCUT2D eigenvalue weighted by atomic mass is 10.1. The maximum Gasteiger partial charge on any atom is 0.215 e. The van der Waals surface area contributed by atoms with Crippen molar-refractivity contribution < 1.29 is 8.42 Å². The molecule has 0 heterocycles. The van der Waals surface area contributed by atoms with Crippen molar-refractivity contribution in [1.29, 1.82) is 0 Å². The maximum absolute atomic E-state index is 11.5. The number of halogens is 1. The summed E-state index contributed by atoms with van der Waals surface area (Å²) in [7, 11) is -1.80. The lowest BCUT2D eigenvalue weighted by Crippen LogP contribution is -2.39. The summed E-state index contributed by atoms with van der Waals surface area (Å²) < 4.78 is 25.4. The molecule has 1 aromatic rings. The predicted octanol–water partition coefficient (Wildman–Crippen LogP) is 1.82. The number of aliphatic imine (C=N–C) groups is 1. The van der Waals surface area contributed by atoms with Crippen LogP contribution < -0.4 is 15.4 Å². The van der Waals surface area contributed by atoms with Crippen LogP contribution in [0.4, 0.5) is 0 Å². The second kappa shape index (κ2) is 9.57. The van der Waals surface area contributed by atoms with Crippen molar-refractivity contribution in [2.45, 2.75) is 38.6 Å². The number of nitrogens with zero attached hydrogens (tertiary/aromatic N) is 1. The van der Waals surface area contributed by atoms with Gasteiger partial charge >= 0.3 is 0 Å². The van der Waals surface area contributed by atoms with E-state index in [1.54, 1.807) is 0 Å². The monoisotopic (exact) mass is 466 g/mol. The van der Waals surface area contributed by atoms with Gasteiger partial charge < -0.3 is 10.6 Å². The second-order valence-corrected chi connectivity index (χ2v) is 7.87. The molecule has 0 radical (unpaired) electrons. The Bertz CT molecular complexity index is 647. The number of guanidine groups is 1. The molecule has 24 heavy (non-hydrogen) atoms. The summed E-state index contributed by atoms with van der Waals surface area (Å²) in [5.41, 5.74) is 1.82.